The van der Waals surface area contributed by atoms with Crippen molar-refractivity contribution in [2.75, 3.05) is 13.1 Å². The molecule has 3 aromatic carbocycles. The summed E-state index contributed by atoms with van der Waals surface area (Å²) in [5, 5.41) is 4.38. The summed E-state index contributed by atoms with van der Waals surface area (Å²) in [5.74, 6) is 0.0844. The van der Waals surface area contributed by atoms with Crippen LogP contribution in [0.15, 0.2) is 109 Å². The summed E-state index contributed by atoms with van der Waals surface area (Å²) in [6.07, 6.45) is 3.18. The Morgan fingerprint density at radius 3 is 1.82 bits per heavy atom. The Hall–Kier alpha value is -4.29. The highest BCUT2D eigenvalue weighted by atomic mass is 16.6. The number of ether oxygens (including phenoxy) is 1. The van der Waals surface area contributed by atoms with E-state index in [1.807, 2.05) is 39.0 Å². The van der Waals surface area contributed by atoms with Crippen LogP contribution in [0.3, 0.4) is 0 Å². The molecule has 4 aromatic rings. The average molecular weight is 520 g/mol. The van der Waals surface area contributed by atoms with Crippen LogP contribution in [0.2, 0.25) is 0 Å². The summed E-state index contributed by atoms with van der Waals surface area (Å²) in [7, 11) is 0. The van der Waals surface area contributed by atoms with Crippen LogP contribution in [-0.2, 0) is 15.1 Å². The van der Waals surface area contributed by atoms with Gasteiger partial charge >= 0.3 is 6.09 Å². The van der Waals surface area contributed by atoms with Crippen molar-refractivity contribution in [2.24, 2.45) is 0 Å². The summed E-state index contributed by atoms with van der Waals surface area (Å²) in [6.45, 7) is 6.46. The lowest BCUT2D eigenvalue weighted by Gasteiger charge is -2.47. The van der Waals surface area contributed by atoms with Crippen LogP contribution in [0.5, 0.6) is 0 Å². The Balaban J connectivity index is 1.58. The molecule has 1 saturated heterocycles. The van der Waals surface area contributed by atoms with Crippen molar-refractivity contribution in [1.29, 1.82) is 0 Å². The molecule has 1 aliphatic rings. The first-order chi connectivity index (χ1) is 18.8. The molecule has 6 nitrogen and oxygen atoms in total. The van der Waals surface area contributed by atoms with Crippen LogP contribution in [0.4, 0.5) is 4.79 Å². The number of hydrogen-bond acceptors (Lipinski definition) is 5. The normalized spacial score (nSPS) is 15.9. The van der Waals surface area contributed by atoms with E-state index in [0.29, 0.717) is 30.8 Å². The fourth-order valence-electron chi connectivity index (χ4n) is 5.27. The summed E-state index contributed by atoms with van der Waals surface area (Å²) in [4.78, 5) is 28.0. The summed E-state index contributed by atoms with van der Waals surface area (Å²) in [6, 6.07) is 33.1. The number of carbonyl (C=O) groups is 2. The molecule has 0 bridgehead atoms. The van der Waals surface area contributed by atoms with Gasteiger partial charge in [-0.1, -0.05) is 91.0 Å². The van der Waals surface area contributed by atoms with Crippen LogP contribution in [0.25, 0.3) is 6.08 Å². The Bertz CT molecular complexity index is 1370. The Morgan fingerprint density at radius 1 is 0.821 bits per heavy atom. The molecule has 6 heteroatoms. The molecule has 0 unspecified atom stereocenters. The molecule has 0 N–H and O–H groups in total. The molecule has 39 heavy (non-hydrogen) atoms. The standard InChI is InChI=1S/C33H33N3O3/c1-32(2,3)39-31(38)36-22-19-29(34-36)23-25-24-35(21-20-30(25)37)33(26-13-7-4-8-14-26,27-15-9-5-10-16-27)28-17-11-6-12-18-28/h4-19,22-23H,20-21,24H2,1-3H3. The maximum atomic E-state index is 13.2. The molecule has 198 valence electrons. The van der Waals surface area contributed by atoms with E-state index in [1.54, 1.807) is 18.3 Å². The molecule has 0 amide bonds. The molecule has 0 atom stereocenters. The van der Waals surface area contributed by atoms with Crippen LogP contribution in [0.1, 0.15) is 49.6 Å². The monoisotopic (exact) mass is 519 g/mol. The van der Waals surface area contributed by atoms with E-state index in [-0.39, 0.29) is 5.78 Å². The van der Waals surface area contributed by atoms with Gasteiger partial charge < -0.3 is 4.74 Å². The second-order valence-electron chi connectivity index (χ2n) is 10.7. The van der Waals surface area contributed by atoms with Crippen LogP contribution < -0.4 is 0 Å². The smallest absolute Gasteiger partial charge is 0.435 e. The van der Waals surface area contributed by atoms with E-state index in [0.717, 1.165) is 16.7 Å². The fraction of sp³-hybridized carbons (Fsp3) is 0.242. The Kier molecular flexibility index (Phi) is 7.31. The highest BCUT2D eigenvalue weighted by Crippen LogP contribution is 2.44. The quantitative estimate of drug-likeness (QED) is 0.228. The van der Waals surface area contributed by atoms with E-state index in [2.05, 4.69) is 82.8 Å². The van der Waals surface area contributed by atoms with Crippen molar-refractivity contribution < 1.29 is 14.3 Å². The first-order valence-corrected chi connectivity index (χ1v) is 13.2. The number of benzene rings is 3. The summed E-state index contributed by atoms with van der Waals surface area (Å²) < 4.78 is 6.59. The topological polar surface area (TPSA) is 64.4 Å². The van der Waals surface area contributed by atoms with E-state index < -0.39 is 17.2 Å². The number of ketones is 1. The van der Waals surface area contributed by atoms with Gasteiger partial charge in [0.2, 0.25) is 0 Å². The molecule has 1 aliphatic heterocycles. The Labute approximate surface area is 229 Å². The van der Waals surface area contributed by atoms with Gasteiger partial charge in [-0.05, 0) is 49.6 Å². The van der Waals surface area contributed by atoms with Crippen molar-refractivity contribution in [3.8, 4) is 0 Å². The third-order valence-corrected chi connectivity index (χ3v) is 6.89. The number of aromatic nitrogens is 2. The summed E-state index contributed by atoms with van der Waals surface area (Å²) in [5.41, 5.74) is 3.34. The number of carbonyl (C=O) groups excluding carboxylic acids is 2. The molecule has 1 fully saturated rings. The van der Waals surface area contributed by atoms with Gasteiger partial charge in [0.1, 0.15) is 5.60 Å². The third-order valence-electron chi connectivity index (χ3n) is 6.89. The zero-order chi connectivity index (χ0) is 27.5. The predicted molar refractivity (Wildman–Crippen MR) is 152 cm³/mol. The molecular weight excluding hydrogens is 486 g/mol. The van der Waals surface area contributed by atoms with Crippen molar-refractivity contribution in [3.05, 3.63) is 131 Å². The predicted octanol–water partition coefficient (Wildman–Crippen LogP) is 6.32. The van der Waals surface area contributed by atoms with Crippen LogP contribution >= 0.6 is 0 Å². The molecule has 1 aromatic heterocycles. The lowest BCUT2D eigenvalue weighted by Crippen LogP contribution is -2.52. The molecule has 0 aliphatic carbocycles. The zero-order valence-corrected chi connectivity index (χ0v) is 22.6. The van der Waals surface area contributed by atoms with Gasteiger partial charge in [0.25, 0.3) is 0 Å². The SMILES string of the molecule is CC(C)(C)OC(=O)n1ccc(C=C2CN(C(c3ccccc3)(c3ccccc3)c3ccccc3)CCC2=O)n1. The number of rotatable bonds is 5. The van der Waals surface area contributed by atoms with Gasteiger partial charge in [0.05, 0.1) is 11.2 Å². The highest BCUT2D eigenvalue weighted by Gasteiger charge is 2.44. The minimum Gasteiger partial charge on any atom is -0.442 e. The number of nitrogens with zero attached hydrogens (tertiary/aromatic N) is 3. The van der Waals surface area contributed by atoms with Gasteiger partial charge in [-0.2, -0.15) is 9.78 Å². The van der Waals surface area contributed by atoms with Crippen LogP contribution in [0, 0.1) is 0 Å². The van der Waals surface area contributed by atoms with Crippen molar-refractivity contribution in [1.82, 2.24) is 14.7 Å². The van der Waals surface area contributed by atoms with Crippen molar-refractivity contribution >= 4 is 18.0 Å². The van der Waals surface area contributed by atoms with Crippen molar-refractivity contribution in [2.45, 2.75) is 38.3 Å². The molecule has 5 rings (SSSR count). The van der Waals surface area contributed by atoms with E-state index >= 15 is 0 Å². The van der Waals surface area contributed by atoms with Gasteiger partial charge in [-0.15, -0.1) is 0 Å². The number of likely N-dealkylation sites (tertiary alicyclic amines) is 1. The molecule has 2 heterocycles. The van der Waals surface area contributed by atoms with Crippen LogP contribution in [-0.4, -0.2) is 45.2 Å². The molecular formula is C33H33N3O3. The fourth-order valence-corrected chi connectivity index (χ4v) is 5.27. The lowest BCUT2D eigenvalue weighted by atomic mass is 9.74. The minimum absolute atomic E-state index is 0.0844. The maximum absolute atomic E-state index is 13.2. The number of Topliss-reactive ketones (excluding diaryl/α,β-unsaturated/α-hetero) is 1. The lowest BCUT2D eigenvalue weighted by molar-refractivity contribution is -0.117. The van der Waals surface area contributed by atoms with E-state index in [1.165, 1.54) is 4.68 Å². The largest absolute Gasteiger partial charge is 0.442 e. The summed E-state index contributed by atoms with van der Waals surface area (Å²) >= 11 is 0. The average Bonchev–Trinajstić information content (AvgIpc) is 3.41. The van der Waals surface area contributed by atoms with Crippen molar-refractivity contribution in [3.63, 3.8) is 0 Å². The molecule has 0 radical (unpaired) electrons. The zero-order valence-electron chi connectivity index (χ0n) is 22.6. The van der Waals surface area contributed by atoms with Gasteiger partial charge in [-0.25, -0.2) is 4.79 Å². The number of piperidine rings is 1. The third kappa shape index (κ3) is 5.47. The second-order valence-corrected chi connectivity index (χ2v) is 10.7. The van der Waals surface area contributed by atoms with E-state index in [4.69, 9.17) is 4.74 Å². The molecule has 0 spiro atoms. The first-order valence-electron chi connectivity index (χ1n) is 13.2. The highest BCUT2D eigenvalue weighted by molar-refractivity contribution is 6.00. The van der Waals surface area contributed by atoms with E-state index in [9.17, 15) is 9.59 Å². The van der Waals surface area contributed by atoms with Gasteiger partial charge in [-0.3, -0.25) is 9.69 Å². The second kappa shape index (κ2) is 10.8. The first kappa shape index (κ1) is 26.3. The number of hydrogen-bond donors (Lipinski definition) is 0. The Morgan fingerprint density at radius 2 is 1.33 bits per heavy atom. The van der Waals surface area contributed by atoms with Gasteiger partial charge in [0, 0.05) is 31.3 Å². The maximum Gasteiger partial charge on any atom is 0.435 e. The molecule has 0 saturated carbocycles. The van der Waals surface area contributed by atoms with Gasteiger partial charge in [0.15, 0.2) is 5.78 Å². The minimum atomic E-state index is -0.628.